The minimum atomic E-state index is 0.161. The van der Waals surface area contributed by atoms with Gasteiger partial charge in [-0.2, -0.15) is 0 Å². The van der Waals surface area contributed by atoms with E-state index < -0.39 is 0 Å². The number of nitrogens with one attached hydrogen (secondary N) is 1. The van der Waals surface area contributed by atoms with Gasteiger partial charge in [0.1, 0.15) is 0 Å². The number of rotatable bonds is 5. The SMILES string of the molecule is CCC(C)(C)NC(C)(C)CCN. The molecule has 2 heteroatoms. The molecule has 0 aromatic heterocycles. The lowest BCUT2D eigenvalue weighted by Crippen LogP contribution is -2.52. The Morgan fingerprint density at radius 3 is 1.92 bits per heavy atom. The second-order valence-corrected chi connectivity index (χ2v) is 4.78. The van der Waals surface area contributed by atoms with Gasteiger partial charge in [0.2, 0.25) is 0 Å². The molecule has 2 nitrogen and oxygen atoms in total. The zero-order valence-corrected chi connectivity index (χ0v) is 9.20. The van der Waals surface area contributed by atoms with Crippen LogP contribution in [0.3, 0.4) is 0 Å². The molecule has 0 aliphatic carbocycles. The highest BCUT2D eigenvalue weighted by Gasteiger charge is 2.24. The average Bonchev–Trinajstić information content (AvgIpc) is 1.85. The van der Waals surface area contributed by atoms with Crippen molar-refractivity contribution in [1.29, 1.82) is 0 Å². The van der Waals surface area contributed by atoms with Crippen LogP contribution in [0.25, 0.3) is 0 Å². The van der Waals surface area contributed by atoms with Crippen LogP contribution in [-0.2, 0) is 0 Å². The van der Waals surface area contributed by atoms with E-state index >= 15 is 0 Å². The minimum absolute atomic E-state index is 0.161. The number of hydrogen-bond donors (Lipinski definition) is 2. The summed E-state index contributed by atoms with van der Waals surface area (Å²) < 4.78 is 0. The Morgan fingerprint density at radius 1 is 1.08 bits per heavy atom. The summed E-state index contributed by atoms with van der Waals surface area (Å²) in [6.45, 7) is 11.8. The highest BCUT2D eigenvalue weighted by Crippen LogP contribution is 2.16. The van der Waals surface area contributed by atoms with Crippen LogP contribution >= 0.6 is 0 Å². The Hall–Kier alpha value is -0.0800. The van der Waals surface area contributed by atoms with Gasteiger partial charge in [-0.1, -0.05) is 6.92 Å². The fourth-order valence-corrected chi connectivity index (χ4v) is 1.43. The van der Waals surface area contributed by atoms with Crippen molar-refractivity contribution in [2.24, 2.45) is 5.73 Å². The lowest BCUT2D eigenvalue weighted by molar-refractivity contribution is 0.248. The van der Waals surface area contributed by atoms with E-state index in [0.717, 1.165) is 19.4 Å². The molecule has 12 heavy (non-hydrogen) atoms. The molecular formula is C10H24N2. The van der Waals surface area contributed by atoms with Crippen molar-refractivity contribution in [3.63, 3.8) is 0 Å². The molecular weight excluding hydrogens is 148 g/mol. The third kappa shape index (κ3) is 4.73. The van der Waals surface area contributed by atoms with Gasteiger partial charge in [-0.05, 0) is 47.1 Å². The highest BCUT2D eigenvalue weighted by molar-refractivity contribution is 4.87. The van der Waals surface area contributed by atoms with Crippen molar-refractivity contribution < 1.29 is 0 Å². The predicted molar refractivity (Wildman–Crippen MR) is 55.3 cm³/mol. The Kier molecular flexibility index (Phi) is 4.21. The molecule has 74 valence electrons. The minimum Gasteiger partial charge on any atom is -0.330 e. The Labute approximate surface area is 76.9 Å². The molecule has 0 saturated carbocycles. The van der Waals surface area contributed by atoms with Crippen LogP contribution in [0.4, 0.5) is 0 Å². The summed E-state index contributed by atoms with van der Waals surface area (Å²) in [5.74, 6) is 0. The molecule has 0 radical (unpaired) electrons. The fraction of sp³-hybridized carbons (Fsp3) is 1.00. The molecule has 0 bridgehead atoms. The van der Waals surface area contributed by atoms with Crippen molar-refractivity contribution in [3.8, 4) is 0 Å². The van der Waals surface area contributed by atoms with Gasteiger partial charge in [0.25, 0.3) is 0 Å². The predicted octanol–water partition coefficient (Wildman–Crippen LogP) is 1.89. The Bertz CT molecular complexity index is 128. The Morgan fingerprint density at radius 2 is 1.58 bits per heavy atom. The summed E-state index contributed by atoms with van der Waals surface area (Å²) in [5.41, 5.74) is 5.92. The van der Waals surface area contributed by atoms with Crippen LogP contribution in [0, 0.1) is 0 Å². The summed E-state index contributed by atoms with van der Waals surface area (Å²) in [4.78, 5) is 0. The summed E-state index contributed by atoms with van der Waals surface area (Å²) >= 11 is 0. The van der Waals surface area contributed by atoms with E-state index in [9.17, 15) is 0 Å². The summed E-state index contributed by atoms with van der Waals surface area (Å²) in [6, 6.07) is 0. The fourth-order valence-electron chi connectivity index (χ4n) is 1.43. The number of hydrogen-bond acceptors (Lipinski definition) is 2. The zero-order valence-electron chi connectivity index (χ0n) is 9.20. The molecule has 0 spiro atoms. The van der Waals surface area contributed by atoms with E-state index in [1.54, 1.807) is 0 Å². The second-order valence-electron chi connectivity index (χ2n) is 4.78. The highest BCUT2D eigenvalue weighted by atomic mass is 15.0. The molecule has 0 fully saturated rings. The van der Waals surface area contributed by atoms with E-state index in [2.05, 4.69) is 39.9 Å². The van der Waals surface area contributed by atoms with Crippen molar-refractivity contribution in [2.75, 3.05) is 6.54 Å². The average molecular weight is 172 g/mol. The first-order chi connectivity index (χ1) is 5.33. The summed E-state index contributed by atoms with van der Waals surface area (Å²) in [6.07, 6.45) is 2.16. The first kappa shape index (κ1) is 11.9. The molecule has 0 rings (SSSR count). The number of nitrogens with two attached hydrogens (primary N) is 1. The zero-order chi connectivity index (χ0) is 9.83. The van der Waals surface area contributed by atoms with Gasteiger partial charge in [-0.25, -0.2) is 0 Å². The van der Waals surface area contributed by atoms with Gasteiger partial charge in [0.05, 0.1) is 0 Å². The first-order valence-corrected chi connectivity index (χ1v) is 4.82. The van der Waals surface area contributed by atoms with Gasteiger partial charge in [-0.15, -0.1) is 0 Å². The molecule has 0 aromatic carbocycles. The molecule has 0 amide bonds. The van der Waals surface area contributed by atoms with Crippen molar-refractivity contribution in [1.82, 2.24) is 5.32 Å². The molecule has 0 aliphatic heterocycles. The standard InChI is InChI=1S/C10H24N2/c1-6-9(2,3)12-10(4,5)7-8-11/h12H,6-8,11H2,1-5H3. The van der Waals surface area contributed by atoms with Crippen molar-refractivity contribution in [2.45, 2.75) is 58.5 Å². The maximum atomic E-state index is 5.53. The van der Waals surface area contributed by atoms with E-state index in [0.29, 0.717) is 0 Å². The second kappa shape index (κ2) is 4.24. The summed E-state index contributed by atoms with van der Waals surface area (Å²) in [7, 11) is 0. The van der Waals surface area contributed by atoms with Gasteiger partial charge in [-0.3, -0.25) is 0 Å². The monoisotopic (exact) mass is 172 g/mol. The van der Waals surface area contributed by atoms with Crippen LogP contribution in [0.15, 0.2) is 0 Å². The molecule has 0 saturated heterocycles. The van der Waals surface area contributed by atoms with Crippen LogP contribution < -0.4 is 11.1 Å². The largest absolute Gasteiger partial charge is 0.330 e. The quantitative estimate of drug-likeness (QED) is 0.664. The third-order valence-electron chi connectivity index (χ3n) is 2.33. The van der Waals surface area contributed by atoms with E-state index in [1.165, 1.54) is 0 Å². The van der Waals surface area contributed by atoms with E-state index in [-0.39, 0.29) is 11.1 Å². The van der Waals surface area contributed by atoms with E-state index in [1.807, 2.05) is 0 Å². The van der Waals surface area contributed by atoms with E-state index in [4.69, 9.17) is 5.73 Å². The maximum Gasteiger partial charge on any atom is 0.0142 e. The van der Waals surface area contributed by atoms with Crippen LogP contribution in [-0.4, -0.2) is 17.6 Å². The molecule has 3 N–H and O–H groups in total. The van der Waals surface area contributed by atoms with Gasteiger partial charge < -0.3 is 11.1 Å². The molecule has 0 unspecified atom stereocenters. The molecule has 0 aromatic rings. The lowest BCUT2D eigenvalue weighted by Gasteiger charge is -2.36. The summed E-state index contributed by atoms with van der Waals surface area (Å²) in [5, 5.41) is 3.60. The first-order valence-electron chi connectivity index (χ1n) is 4.82. The maximum absolute atomic E-state index is 5.53. The topological polar surface area (TPSA) is 38.0 Å². The smallest absolute Gasteiger partial charge is 0.0142 e. The Balaban J connectivity index is 4.04. The molecule has 0 atom stereocenters. The molecule has 0 aliphatic rings. The van der Waals surface area contributed by atoms with Crippen molar-refractivity contribution >= 4 is 0 Å². The van der Waals surface area contributed by atoms with Crippen molar-refractivity contribution in [3.05, 3.63) is 0 Å². The third-order valence-corrected chi connectivity index (χ3v) is 2.33. The normalized spacial score (nSPS) is 13.5. The van der Waals surface area contributed by atoms with Gasteiger partial charge in [0, 0.05) is 11.1 Å². The van der Waals surface area contributed by atoms with Crippen LogP contribution in [0.5, 0.6) is 0 Å². The van der Waals surface area contributed by atoms with Gasteiger partial charge >= 0.3 is 0 Å². The van der Waals surface area contributed by atoms with Gasteiger partial charge in [0.15, 0.2) is 0 Å². The lowest BCUT2D eigenvalue weighted by atomic mass is 9.93. The molecule has 0 heterocycles. The van der Waals surface area contributed by atoms with Crippen LogP contribution in [0.2, 0.25) is 0 Å². The van der Waals surface area contributed by atoms with Crippen LogP contribution in [0.1, 0.15) is 47.5 Å².